The monoisotopic (exact) mass is 335 g/mol. The number of nitrogens with one attached hydrogen (secondary N) is 1. The first-order chi connectivity index (χ1) is 11.5. The number of carboxylic acids is 1. The van der Waals surface area contributed by atoms with Gasteiger partial charge in [0, 0.05) is 18.4 Å². The first kappa shape index (κ1) is 17.6. The van der Waals surface area contributed by atoms with E-state index < -0.39 is 17.8 Å². The fourth-order valence-electron chi connectivity index (χ4n) is 2.09. The minimum atomic E-state index is -0.875. The Bertz CT molecular complexity index is 717. The number of halogens is 1. The molecule has 2 N–H and O–H groups in total. The summed E-state index contributed by atoms with van der Waals surface area (Å²) in [6, 6.07) is 5.32. The first-order valence-corrected chi connectivity index (χ1v) is 7.56. The van der Waals surface area contributed by atoms with E-state index in [1.54, 1.807) is 19.1 Å². The molecule has 1 aromatic carbocycles. The van der Waals surface area contributed by atoms with Crippen LogP contribution in [0.5, 0.6) is 0 Å². The number of rotatable bonds is 8. The molecule has 1 unspecified atom stereocenters. The van der Waals surface area contributed by atoms with Gasteiger partial charge in [-0.25, -0.2) is 4.39 Å². The minimum absolute atomic E-state index is 0.0451. The second-order valence-corrected chi connectivity index (χ2v) is 5.36. The first-order valence-electron chi connectivity index (χ1n) is 7.56. The Balaban J connectivity index is 1.88. The molecule has 0 radical (unpaired) electrons. The van der Waals surface area contributed by atoms with Crippen molar-refractivity contribution in [2.45, 2.75) is 38.6 Å². The van der Waals surface area contributed by atoms with Crippen molar-refractivity contribution in [3.63, 3.8) is 0 Å². The quantitative estimate of drug-likeness (QED) is 0.719. The number of nitrogens with zero attached hydrogens (tertiary/aromatic N) is 2. The summed E-state index contributed by atoms with van der Waals surface area (Å²) in [5.74, 6) is -1.04. The van der Waals surface area contributed by atoms with Crippen LogP contribution in [-0.2, 0) is 9.59 Å². The average molecular weight is 335 g/mol. The second kappa shape index (κ2) is 8.19. The Morgan fingerprint density at radius 1 is 1.33 bits per heavy atom. The van der Waals surface area contributed by atoms with Gasteiger partial charge in [-0.1, -0.05) is 17.3 Å². The Morgan fingerprint density at radius 3 is 2.79 bits per heavy atom. The fraction of sp³-hybridized carbons (Fsp3) is 0.375. The molecular formula is C16H18FN3O4. The number of carboxylic acid groups (broad SMARTS) is 1. The van der Waals surface area contributed by atoms with Crippen molar-refractivity contribution in [1.29, 1.82) is 0 Å². The van der Waals surface area contributed by atoms with Crippen molar-refractivity contribution < 1.29 is 23.6 Å². The molecule has 0 saturated carbocycles. The van der Waals surface area contributed by atoms with E-state index in [9.17, 15) is 14.0 Å². The van der Waals surface area contributed by atoms with Gasteiger partial charge in [0.25, 0.3) is 0 Å². The van der Waals surface area contributed by atoms with Crippen LogP contribution >= 0.6 is 0 Å². The third-order valence-corrected chi connectivity index (χ3v) is 3.32. The summed E-state index contributed by atoms with van der Waals surface area (Å²) >= 11 is 0. The maximum atomic E-state index is 13.2. The summed E-state index contributed by atoms with van der Waals surface area (Å²) < 4.78 is 18.3. The normalized spacial score (nSPS) is 11.9. The third kappa shape index (κ3) is 5.15. The number of aromatic nitrogens is 2. The molecule has 1 amide bonds. The number of amides is 1. The lowest BCUT2D eigenvalue weighted by Gasteiger charge is -2.09. The van der Waals surface area contributed by atoms with Crippen molar-refractivity contribution in [2.75, 3.05) is 0 Å². The summed E-state index contributed by atoms with van der Waals surface area (Å²) in [6.07, 6.45) is 1.20. The largest absolute Gasteiger partial charge is 0.481 e. The van der Waals surface area contributed by atoms with Crippen LogP contribution in [0, 0.1) is 5.82 Å². The molecule has 0 fully saturated rings. The van der Waals surface area contributed by atoms with E-state index in [2.05, 4.69) is 15.5 Å². The summed E-state index contributed by atoms with van der Waals surface area (Å²) in [7, 11) is 0. The summed E-state index contributed by atoms with van der Waals surface area (Å²) in [4.78, 5) is 26.3. The van der Waals surface area contributed by atoms with E-state index in [1.165, 1.54) is 12.1 Å². The number of benzene rings is 1. The summed E-state index contributed by atoms with van der Waals surface area (Å²) in [6.45, 7) is 1.69. The molecule has 0 spiro atoms. The zero-order valence-electron chi connectivity index (χ0n) is 13.2. The molecule has 7 nitrogen and oxygen atoms in total. The lowest BCUT2D eigenvalue weighted by molar-refractivity contribution is -0.137. The van der Waals surface area contributed by atoms with Gasteiger partial charge in [-0.15, -0.1) is 0 Å². The van der Waals surface area contributed by atoms with Gasteiger partial charge in [0.15, 0.2) is 0 Å². The van der Waals surface area contributed by atoms with Gasteiger partial charge in [-0.3, -0.25) is 9.59 Å². The van der Waals surface area contributed by atoms with Crippen molar-refractivity contribution in [2.24, 2.45) is 0 Å². The molecule has 0 aliphatic carbocycles. The van der Waals surface area contributed by atoms with E-state index in [1.807, 2.05) is 0 Å². The second-order valence-electron chi connectivity index (χ2n) is 5.36. The maximum Gasteiger partial charge on any atom is 0.303 e. The SMILES string of the molecule is CC(NC(=O)CCCCC(=O)O)c1nc(-c2cccc(F)c2)no1. The lowest BCUT2D eigenvalue weighted by atomic mass is 10.2. The van der Waals surface area contributed by atoms with Crippen molar-refractivity contribution in [3.05, 3.63) is 36.0 Å². The molecule has 0 bridgehead atoms. The molecule has 24 heavy (non-hydrogen) atoms. The van der Waals surface area contributed by atoms with Gasteiger partial charge in [0.05, 0.1) is 0 Å². The Kier molecular flexibility index (Phi) is 6.00. The van der Waals surface area contributed by atoms with Crippen LogP contribution in [0.3, 0.4) is 0 Å². The third-order valence-electron chi connectivity index (χ3n) is 3.32. The highest BCUT2D eigenvalue weighted by atomic mass is 19.1. The molecule has 0 aliphatic heterocycles. The standard InChI is InChI=1S/C16H18FN3O4/c1-10(18-13(21)7-2-3-8-14(22)23)16-19-15(20-24-16)11-5-4-6-12(17)9-11/h4-6,9-10H,2-3,7-8H2,1H3,(H,18,21)(H,22,23). The predicted molar refractivity (Wildman–Crippen MR) is 82.4 cm³/mol. The molecule has 1 atom stereocenters. The summed E-state index contributed by atoms with van der Waals surface area (Å²) in [5.41, 5.74) is 0.484. The zero-order chi connectivity index (χ0) is 17.5. The molecule has 1 aromatic heterocycles. The van der Waals surface area contributed by atoms with E-state index in [4.69, 9.17) is 9.63 Å². The van der Waals surface area contributed by atoms with Gasteiger partial charge in [-0.05, 0) is 31.9 Å². The van der Waals surface area contributed by atoms with Crippen LogP contribution in [0.4, 0.5) is 4.39 Å². The van der Waals surface area contributed by atoms with Gasteiger partial charge in [0.1, 0.15) is 11.9 Å². The number of unbranched alkanes of at least 4 members (excludes halogenated alkanes) is 1. The number of aliphatic carboxylic acids is 1. The highest BCUT2D eigenvalue weighted by Gasteiger charge is 2.17. The molecule has 2 rings (SSSR count). The number of hydrogen-bond acceptors (Lipinski definition) is 5. The molecular weight excluding hydrogens is 317 g/mol. The van der Waals surface area contributed by atoms with E-state index in [0.29, 0.717) is 18.4 Å². The van der Waals surface area contributed by atoms with Gasteiger partial charge < -0.3 is 14.9 Å². The number of carbonyl (C=O) groups is 2. The van der Waals surface area contributed by atoms with Gasteiger partial charge in [0.2, 0.25) is 17.6 Å². The molecule has 2 aromatic rings. The molecule has 8 heteroatoms. The van der Waals surface area contributed by atoms with Crippen LogP contribution in [0.1, 0.15) is 44.5 Å². The number of carbonyl (C=O) groups excluding carboxylic acids is 1. The summed E-state index contributed by atoms with van der Waals surface area (Å²) in [5, 5.41) is 15.0. The smallest absolute Gasteiger partial charge is 0.303 e. The van der Waals surface area contributed by atoms with E-state index in [-0.39, 0.29) is 30.5 Å². The molecule has 0 aliphatic rings. The van der Waals surface area contributed by atoms with Gasteiger partial charge >= 0.3 is 5.97 Å². The van der Waals surface area contributed by atoms with Crippen molar-refractivity contribution >= 4 is 11.9 Å². The van der Waals surface area contributed by atoms with Crippen LogP contribution in [0.2, 0.25) is 0 Å². The average Bonchev–Trinajstić information content (AvgIpc) is 3.01. The topological polar surface area (TPSA) is 105 Å². The molecule has 128 valence electrons. The van der Waals surface area contributed by atoms with E-state index >= 15 is 0 Å². The highest BCUT2D eigenvalue weighted by Crippen LogP contribution is 2.19. The van der Waals surface area contributed by atoms with Crippen LogP contribution < -0.4 is 5.32 Å². The van der Waals surface area contributed by atoms with Crippen molar-refractivity contribution in [1.82, 2.24) is 15.5 Å². The molecule has 0 saturated heterocycles. The Labute approximate surface area is 137 Å². The zero-order valence-corrected chi connectivity index (χ0v) is 13.2. The fourth-order valence-corrected chi connectivity index (χ4v) is 2.09. The predicted octanol–water partition coefficient (Wildman–Crippen LogP) is 2.70. The van der Waals surface area contributed by atoms with Crippen LogP contribution in [0.25, 0.3) is 11.4 Å². The van der Waals surface area contributed by atoms with E-state index in [0.717, 1.165) is 0 Å². The molecule has 1 heterocycles. The number of hydrogen-bond donors (Lipinski definition) is 2. The Hall–Kier alpha value is -2.77. The van der Waals surface area contributed by atoms with Gasteiger partial charge in [-0.2, -0.15) is 4.98 Å². The Morgan fingerprint density at radius 2 is 2.08 bits per heavy atom. The highest BCUT2D eigenvalue weighted by molar-refractivity contribution is 5.76. The van der Waals surface area contributed by atoms with Crippen LogP contribution in [0.15, 0.2) is 28.8 Å². The minimum Gasteiger partial charge on any atom is -0.481 e. The van der Waals surface area contributed by atoms with Crippen LogP contribution in [-0.4, -0.2) is 27.1 Å². The van der Waals surface area contributed by atoms with Crippen molar-refractivity contribution in [3.8, 4) is 11.4 Å². The maximum absolute atomic E-state index is 13.2. The lowest BCUT2D eigenvalue weighted by Crippen LogP contribution is -2.26.